The number of hydrogen-bond acceptors (Lipinski definition) is 0. The Morgan fingerprint density at radius 1 is 0.794 bits per heavy atom. The van der Waals surface area contributed by atoms with Crippen molar-refractivity contribution in [2.75, 3.05) is 0 Å². The Hall–Kier alpha value is -1.24. The number of fused-ring (bicyclic) bond motifs is 3. The van der Waals surface area contributed by atoms with Crippen molar-refractivity contribution in [3.8, 4) is 11.1 Å². The molecule has 2 aliphatic carbocycles. The molecule has 0 saturated carbocycles. The first-order valence-electron chi connectivity index (χ1n) is 11.5. The van der Waals surface area contributed by atoms with Gasteiger partial charge in [-0.15, -0.1) is 0 Å². The zero-order valence-electron chi connectivity index (χ0n) is 20.1. The van der Waals surface area contributed by atoms with Gasteiger partial charge in [-0.1, -0.05) is 0 Å². The monoisotopic (exact) mass is 585 g/mol. The van der Waals surface area contributed by atoms with Crippen LogP contribution in [0.5, 0.6) is 0 Å². The maximum Gasteiger partial charge on any atom is -1.00 e. The van der Waals surface area contributed by atoms with Crippen LogP contribution in [0.25, 0.3) is 11.1 Å². The fraction of sp³-hybridized carbons (Fsp3) is 0.233. The molecular weight excluding hydrogens is 558 g/mol. The summed E-state index contributed by atoms with van der Waals surface area (Å²) in [5.74, 6) is 0.410. The minimum atomic E-state index is -3.50. The molecule has 0 aromatic heterocycles. The Morgan fingerprint density at radius 3 is 1.76 bits per heavy atom. The average molecular weight is 588 g/mol. The minimum Gasteiger partial charge on any atom is -1.00 e. The van der Waals surface area contributed by atoms with Crippen LogP contribution in [0.1, 0.15) is 42.4 Å². The molecule has 0 aliphatic heterocycles. The zero-order chi connectivity index (χ0) is 22.7. The number of hydrogen-bond donors (Lipinski definition) is 0. The second kappa shape index (κ2) is 10.0. The molecule has 175 valence electrons. The van der Waals surface area contributed by atoms with E-state index in [0.29, 0.717) is 9.54 Å². The fourth-order valence-electron chi connectivity index (χ4n) is 5.64. The number of allylic oxidation sites excluding steroid dienone is 4. The predicted molar refractivity (Wildman–Crippen MR) is 137 cm³/mol. The van der Waals surface area contributed by atoms with Crippen molar-refractivity contribution in [1.82, 2.24) is 0 Å². The molecule has 4 heteroatoms. The van der Waals surface area contributed by atoms with Crippen LogP contribution in [0.15, 0.2) is 93.8 Å². The molecule has 0 fully saturated rings. The Labute approximate surface area is 225 Å². The topological polar surface area (TPSA) is 0 Å². The molecular formula is C30H30Cl3Zr. The zero-order valence-corrected chi connectivity index (χ0v) is 24.8. The van der Waals surface area contributed by atoms with Gasteiger partial charge in [-0.25, -0.2) is 0 Å². The van der Waals surface area contributed by atoms with Crippen LogP contribution < -0.4 is 28.1 Å². The van der Waals surface area contributed by atoms with E-state index in [4.69, 9.17) is 15.8 Å². The molecule has 2 unspecified atom stereocenters. The van der Waals surface area contributed by atoms with E-state index < -0.39 is 19.8 Å². The van der Waals surface area contributed by atoms with Crippen molar-refractivity contribution in [2.45, 2.75) is 31.3 Å². The van der Waals surface area contributed by atoms with Gasteiger partial charge in [0.1, 0.15) is 0 Å². The maximum absolute atomic E-state index is 6.33. The van der Waals surface area contributed by atoms with Gasteiger partial charge in [0.15, 0.2) is 0 Å². The van der Waals surface area contributed by atoms with Gasteiger partial charge in [-0.2, -0.15) is 0 Å². The normalized spacial score (nSPS) is 17.6. The standard InChI is InChI=1S/C13H9.C10H15.C6H4Cl.CH2.2ClH.Zr/c1-3-7-12-10(5-1)9-11-6-2-4-8-13(11)12;1-8-5-6-9(7-8)10(2,3)4;7-6-4-2-1-3-5-6;;;;/h1-9H;6-8H,1-4H3;2-5H;1H2;2*1H;/q;;;;;;+2/p-2. The summed E-state index contributed by atoms with van der Waals surface area (Å²) in [4.78, 5) is 0. The molecule has 0 heterocycles. The largest absolute Gasteiger partial charge is 1.00 e. The van der Waals surface area contributed by atoms with E-state index in [1.807, 2.05) is 0 Å². The maximum atomic E-state index is 6.33. The van der Waals surface area contributed by atoms with Crippen LogP contribution >= 0.6 is 11.6 Å². The SMILES string of the molecule is [CH2]=[Zr+2]([C]1=CC(C(C)(C)C)=CC1C)([c]1ccc(Cl)cc1)[CH]1c2ccccc2-c2ccccc21.[Cl-].[Cl-]. The van der Waals surface area contributed by atoms with Gasteiger partial charge in [-0.3, -0.25) is 0 Å². The summed E-state index contributed by atoms with van der Waals surface area (Å²) in [5.41, 5.74) is 7.23. The first-order chi connectivity index (χ1) is 15.2. The Kier molecular flexibility index (Phi) is 8.06. The predicted octanol–water partition coefficient (Wildman–Crippen LogP) is 1.84. The third-order valence-electron chi connectivity index (χ3n) is 7.30. The van der Waals surface area contributed by atoms with E-state index >= 15 is 0 Å². The third kappa shape index (κ3) is 4.39. The van der Waals surface area contributed by atoms with Gasteiger partial charge in [0.05, 0.1) is 0 Å². The van der Waals surface area contributed by atoms with Gasteiger partial charge in [0.25, 0.3) is 0 Å². The van der Waals surface area contributed by atoms with E-state index in [2.05, 4.69) is 113 Å². The van der Waals surface area contributed by atoms with Gasteiger partial charge >= 0.3 is 203 Å². The minimum absolute atomic E-state index is 0. The molecule has 0 saturated heterocycles. The van der Waals surface area contributed by atoms with Crippen molar-refractivity contribution in [2.24, 2.45) is 11.3 Å². The van der Waals surface area contributed by atoms with Crippen molar-refractivity contribution < 1.29 is 44.6 Å². The number of rotatable bonds is 3. The molecule has 34 heavy (non-hydrogen) atoms. The molecule has 0 amide bonds. The summed E-state index contributed by atoms with van der Waals surface area (Å²) in [5, 5.41) is 0.788. The molecule has 0 spiro atoms. The Morgan fingerprint density at radius 2 is 1.29 bits per heavy atom. The van der Waals surface area contributed by atoms with E-state index in [9.17, 15) is 0 Å². The molecule has 5 rings (SSSR count). The molecule has 0 bridgehead atoms. The quantitative estimate of drug-likeness (QED) is 0.439. The number of benzene rings is 3. The Balaban J connectivity index is 0.00000162. The summed E-state index contributed by atoms with van der Waals surface area (Å²) in [6, 6.07) is 26.6. The van der Waals surface area contributed by atoms with Gasteiger partial charge in [0.2, 0.25) is 0 Å². The summed E-state index contributed by atoms with van der Waals surface area (Å²) in [7, 11) is 0. The van der Waals surface area contributed by atoms with Crippen LogP contribution in [0, 0.1) is 11.3 Å². The first kappa shape index (κ1) is 27.4. The van der Waals surface area contributed by atoms with Gasteiger partial charge in [-0.05, 0) is 0 Å². The van der Waals surface area contributed by atoms with Gasteiger partial charge < -0.3 is 24.8 Å². The van der Waals surface area contributed by atoms with E-state index in [1.165, 1.54) is 31.1 Å². The molecule has 3 aromatic rings. The van der Waals surface area contributed by atoms with Crippen LogP contribution in [0.4, 0.5) is 0 Å². The van der Waals surface area contributed by atoms with Crippen molar-refractivity contribution in [3.05, 3.63) is 110 Å². The second-order valence-electron chi connectivity index (χ2n) is 10.3. The summed E-state index contributed by atoms with van der Waals surface area (Å²) in [6.45, 7) is 9.30. The molecule has 0 radical (unpaired) electrons. The van der Waals surface area contributed by atoms with Crippen LogP contribution in [-0.2, 0) is 19.8 Å². The molecule has 0 nitrogen and oxygen atoms in total. The van der Waals surface area contributed by atoms with Crippen LogP contribution in [0.2, 0.25) is 5.02 Å². The van der Waals surface area contributed by atoms with E-state index in [1.54, 1.807) is 3.28 Å². The summed E-state index contributed by atoms with van der Waals surface area (Å²) < 4.78 is 8.61. The first-order valence-corrected chi connectivity index (χ1v) is 17.4. The average Bonchev–Trinajstić information content (AvgIpc) is 3.33. The van der Waals surface area contributed by atoms with Crippen molar-refractivity contribution in [1.29, 1.82) is 0 Å². The molecule has 3 aromatic carbocycles. The third-order valence-corrected chi connectivity index (χ3v) is 18.9. The van der Waals surface area contributed by atoms with E-state index in [-0.39, 0.29) is 30.2 Å². The van der Waals surface area contributed by atoms with Crippen LogP contribution in [-0.4, -0.2) is 4.21 Å². The summed E-state index contributed by atoms with van der Waals surface area (Å²) in [6.07, 6.45) is 5.00. The van der Waals surface area contributed by atoms with Crippen molar-refractivity contribution >= 4 is 19.1 Å². The molecule has 2 aliphatic rings. The fourth-order valence-corrected chi connectivity index (χ4v) is 17.2. The molecule has 0 N–H and O–H groups in total. The Bertz CT molecular complexity index is 1260. The molecule has 2 atom stereocenters. The van der Waals surface area contributed by atoms with Crippen molar-refractivity contribution in [3.63, 3.8) is 0 Å². The number of halogens is 3. The smallest absolute Gasteiger partial charge is 1.00 e. The van der Waals surface area contributed by atoms with E-state index in [0.717, 1.165) is 5.02 Å². The second-order valence-corrected chi connectivity index (χ2v) is 19.8. The van der Waals surface area contributed by atoms with Crippen LogP contribution in [0.3, 0.4) is 0 Å². The van der Waals surface area contributed by atoms with Gasteiger partial charge in [0, 0.05) is 0 Å². The summed E-state index contributed by atoms with van der Waals surface area (Å²) >= 11 is 2.83.